The van der Waals surface area contributed by atoms with Crippen molar-refractivity contribution in [1.29, 1.82) is 0 Å². The first kappa shape index (κ1) is 12.2. The van der Waals surface area contributed by atoms with E-state index < -0.39 is 0 Å². The van der Waals surface area contributed by atoms with E-state index in [9.17, 15) is 0 Å². The Hall–Kier alpha value is -0.870. The zero-order valence-electron chi connectivity index (χ0n) is 9.91. The maximum atomic E-state index is 5.62. The van der Waals surface area contributed by atoms with E-state index in [1.165, 1.54) is 0 Å². The summed E-state index contributed by atoms with van der Waals surface area (Å²) in [6, 6.07) is 0.163. The van der Waals surface area contributed by atoms with Gasteiger partial charge in [-0.05, 0) is 19.9 Å². The van der Waals surface area contributed by atoms with Gasteiger partial charge in [-0.25, -0.2) is 4.98 Å². The van der Waals surface area contributed by atoms with Crippen molar-refractivity contribution < 1.29 is 9.15 Å². The molecular formula is C11H20N2O2. The Morgan fingerprint density at radius 2 is 2.27 bits per heavy atom. The lowest BCUT2D eigenvalue weighted by molar-refractivity contribution is 0.156. The number of hydrogen-bond donors (Lipinski definition) is 1. The fourth-order valence-corrected chi connectivity index (χ4v) is 1.43. The van der Waals surface area contributed by atoms with Gasteiger partial charge in [-0.1, -0.05) is 6.92 Å². The molecule has 0 aliphatic heterocycles. The fraction of sp³-hybridized carbons (Fsp3) is 0.727. The van der Waals surface area contributed by atoms with Crippen LogP contribution in [0, 0.1) is 5.92 Å². The van der Waals surface area contributed by atoms with Crippen molar-refractivity contribution in [3.05, 3.63) is 17.8 Å². The highest BCUT2D eigenvalue weighted by molar-refractivity contribution is 4.98. The summed E-state index contributed by atoms with van der Waals surface area (Å²) in [5.74, 6) is 2.13. The van der Waals surface area contributed by atoms with E-state index in [1.54, 1.807) is 13.3 Å². The molecule has 1 aromatic heterocycles. The van der Waals surface area contributed by atoms with Crippen LogP contribution in [0.5, 0.6) is 0 Å². The van der Waals surface area contributed by atoms with Crippen molar-refractivity contribution in [2.75, 3.05) is 20.8 Å². The molecule has 86 valence electrons. The summed E-state index contributed by atoms with van der Waals surface area (Å²) in [5.41, 5.74) is 0. The molecule has 0 aliphatic rings. The molecule has 1 aromatic rings. The van der Waals surface area contributed by atoms with Gasteiger partial charge in [0.15, 0.2) is 0 Å². The third-order valence-corrected chi connectivity index (χ3v) is 2.38. The van der Waals surface area contributed by atoms with Crippen molar-refractivity contribution in [3.8, 4) is 0 Å². The summed E-state index contributed by atoms with van der Waals surface area (Å²) in [6.45, 7) is 4.90. The number of ether oxygens (including phenoxy) is 1. The fourth-order valence-electron chi connectivity index (χ4n) is 1.43. The van der Waals surface area contributed by atoms with Gasteiger partial charge in [-0.2, -0.15) is 0 Å². The van der Waals surface area contributed by atoms with Crippen LogP contribution in [0.3, 0.4) is 0 Å². The molecule has 0 spiro atoms. The van der Waals surface area contributed by atoms with Crippen LogP contribution >= 0.6 is 0 Å². The van der Waals surface area contributed by atoms with Crippen LogP contribution in [0.25, 0.3) is 0 Å². The normalized spacial score (nSPS) is 15.2. The van der Waals surface area contributed by atoms with Crippen LogP contribution in [0.15, 0.2) is 10.6 Å². The molecule has 4 heteroatoms. The van der Waals surface area contributed by atoms with Crippen molar-refractivity contribution in [2.24, 2.45) is 5.92 Å². The first-order valence-electron chi connectivity index (χ1n) is 5.28. The summed E-state index contributed by atoms with van der Waals surface area (Å²) >= 11 is 0. The van der Waals surface area contributed by atoms with Crippen LogP contribution in [-0.2, 0) is 11.2 Å². The van der Waals surface area contributed by atoms with Crippen molar-refractivity contribution >= 4 is 0 Å². The minimum atomic E-state index is 0.163. The molecule has 0 saturated carbocycles. The van der Waals surface area contributed by atoms with E-state index in [2.05, 4.69) is 17.2 Å². The van der Waals surface area contributed by atoms with Gasteiger partial charge < -0.3 is 14.5 Å². The topological polar surface area (TPSA) is 47.3 Å². The molecular weight excluding hydrogens is 192 g/mol. The minimum absolute atomic E-state index is 0.163. The summed E-state index contributed by atoms with van der Waals surface area (Å²) in [5, 5.41) is 3.09. The zero-order chi connectivity index (χ0) is 11.3. The number of methoxy groups -OCH3 is 1. The number of oxazole rings is 1. The molecule has 2 unspecified atom stereocenters. The Kier molecular flexibility index (Phi) is 4.78. The highest BCUT2D eigenvalue weighted by Crippen LogP contribution is 2.15. The Balaban J connectivity index is 2.52. The van der Waals surface area contributed by atoms with E-state index in [4.69, 9.17) is 9.15 Å². The molecule has 0 aliphatic carbocycles. The molecule has 0 fully saturated rings. The van der Waals surface area contributed by atoms with E-state index in [0.29, 0.717) is 5.92 Å². The first-order valence-corrected chi connectivity index (χ1v) is 5.28. The zero-order valence-corrected chi connectivity index (χ0v) is 9.91. The number of nitrogens with zero attached hydrogens (tertiary/aromatic N) is 1. The number of aromatic nitrogens is 1. The smallest absolute Gasteiger partial charge is 0.211 e. The lowest BCUT2D eigenvalue weighted by Crippen LogP contribution is -2.12. The van der Waals surface area contributed by atoms with E-state index >= 15 is 0 Å². The second-order valence-electron chi connectivity index (χ2n) is 3.94. The van der Waals surface area contributed by atoms with Crippen LogP contribution in [-0.4, -0.2) is 25.7 Å². The van der Waals surface area contributed by atoms with Gasteiger partial charge >= 0.3 is 0 Å². The third-order valence-electron chi connectivity index (χ3n) is 2.38. The van der Waals surface area contributed by atoms with Gasteiger partial charge in [-0.15, -0.1) is 0 Å². The average molecular weight is 212 g/mol. The Morgan fingerprint density at radius 3 is 2.87 bits per heavy atom. The second-order valence-corrected chi connectivity index (χ2v) is 3.94. The molecule has 0 radical (unpaired) electrons. The Bertz CT molecular complexity index is 286. The molecule has 1 rings (SSSR count). The highest BCUT2D eigenvalue weighted by atomic mass is 16.5. The maximum Gasteiger partial charge on any atom is 0.211 e. The maximum absolute atomic E-state index is 5.62. The highest BCUT2D eigenvalue weighted by Gasteiger charge is 2.12. The number of hydrogen-bond acceptors (Lipinski definition) is 4. The second kappa shape index (κ2) is 5.88. The number of nitrogens with one attached hydrogen (secondary N) is 1. The molecule has 2 atom stereocenters. The van der Waals surface area contributed by atoms with Crippen molar-refractivity contribution in [2.45, 2.75) is 26.3 Å². The van der Waals surface area contributed by atoms with E-state index in [-0.39, 0.29) is 6.04 Å². The van der Waals surface area contributed by atoms with Gasteiger partial charge in [-0.3, -0.25) is 0 Å². The van der Waals surface area contributed by atoms with Crippen LogP contribution in [0.4, 0.5) is 0 Å². The van der Waals surface area contributed by atoms with Gasteiger partial charge in [0, 0.05) is 20.1 Å². The molecule has 0 saturated heterocycles. The predicted octanol–water partition coefficient (Wildman–Crippen LogP) is 1.78. The van der Waals surface area contributed by atoms with E-state index in [0.717, 1.165) is 24.7 Å². The average Bonchev–Trinajstić information content (AvgIpc) is 2.65. The van der Waals surface area contributed by atoms with Gasteiger partial charge in [0.2, 0.25) is 5.89 Å². The summed E-state index contributed by atoms with van der Waals surface area (Å²) in [7, 11) is 3.60. The summed E-state index contributed by atoms with van der Waals surface area (Å²) in [4.78, 5) is 4.23. The molecule has 0 aromatic carbocycles. The third kappa shape index (κ3) is 3.64. The SMILES string of the molecule is CNC(C)c1ncc(CC(C)COC)o1. The van der Waals surface area contributed by atoms with Crippen LogP contribution < -0.4 is 5.32 Å². The standard InChI is InChI=1S/C11H20N2O2/c1-8(7-14-4)5-10-6-13-11(15-10)9(2)12-3/h6,8-9,12H,5,7H2,1-4H3. The molecule has 0 bridgehead atoms. The van der Waals surface area contributed by atoms with Crippen LogP contribution in [0.1, 0.15) is 31.5 Å². The lowest BCUT2D eigenvalue weighted by atomic mass is 10.1. The van der Waals surface area contributed by atoms with Crippen molar-refractivity contribution in [1.82, 2.24) is 10.3 Å². The first-order chi connectivity index (χ1) is 7.17. The molecule has 1 N–H and O–H groups in total. The van der Waals surface area contributed by atoms with Gasteiger partial charge in [0.05, 0.1) is 12.2 Å². The summed E-state index contributed by atoms with van der Waals surface area (Å²) < 4.78 is 10.7. The minimum Gasteiger partial charge on any atom is -0.444 e. The van der Waals surface area contributed by atoms with Gasteiger partial charge in [0.1, 0.15) is 5.76 Å². The largest absolute Gasteiger partial charge is 0.444 e. The Labute approximate surface area is 91.0 Å². The van der Waals surface area contributed by atoms with E-state index in [1.807, 2.05) is 14.0 Å². The molecule has 15 heavy (non-hydrogen) atoms. The van der Waals surface area contributed by atoms with Crippen LogP contribution in [0.2, 0.25) is 0 Å². The van der Waals surface area contributed by atoms with Gasteiger partial charge in [0.25, 0.3) is 0 Å². The summed E-state index contributed by atoms with van der Waals surface area (Å²) in [6.07, 6.45) is 2.67. The quantitative estimate of drug-likeness (QED) is 0.780. The number of rotatable bonds is 6. The molecule has 1 heterocycles. The monoisotopic (exact) mass is 212 g/mol. The molecule has 0 amide bonds. The molecule has 4 nitrogen and oxygen atoms in total. The van der Waals surface area contributed by atoms with Crippen molar-refractivity contribution in [3.63, 3.8) is 0 Å². The predicted molar refractivity (Wildman–Crippen MR) is 58.7 cm³/mol. The Morgan fingerprint density at radius 1 is 1.53 bits per heavy atom. The lowest BCUT2D eigenvalue weighted by Gasteiger charge is -2.07.